The topological polar surface area (TPSA) is 39.2 Å². The van der Waals surface area contributed by atoms with Crippen LogP contribution in [0.15, 0.2) is 41.9 Å². The van der Waals surface area contributed by atoms with Gasteiger partial charge in [-0.3, -0.25) is 4.79 Å². The Morgan fingerprint density at radius 2 is 2.17 bits per heavy atom. The Balaban J connectivity index is 2.22. The Labute approximate surface area is 110 Å². The predicted molar refractivity (Wildman–Crippen MR) is 71.4 cm³/mol. The Morgan fingerprint density at radius 1 is 1.39 bits per heavy atom. The van der Waals surface area contributed by atoms with Crippen LogP contribution in [-0.2, 0) is 9.53 Å². The molecule has 1 atom stereocenters. The van der Waals surface area contributed by atoms with Crippen LogP contribution in [0.2, 0.25) is 0 Å². The van der Waals surface area contributed by atoms with Gasteiger partial charge < -0.3 is 4.74 Å². The van der Waals surface area contributed by atoms with Crippen LogP contribution in [0.5, 0.6) is 0 Å². The molecule has 2 rings (SSSR count). The predicted octanol–water partition coefficient (Wildman–Crippen LogP) is 3.58. The van der Waals surface area contributed by atoms with E-state index >= 15 is 0 Å². The zero-order chi connectivity index (χ0) is 12.8. The van der Waals surface area contributed by atoms with Crippen LogP contribution in [0.4, 0.5) is 0 Å². The lowest BCUT2D eigenvalue weighted by atomic mass is 10.1. The highest BCUT2D eigenvalue weighted by atomic mass is 32.1. The molecule has 1 aromatic carbocycles. The second-order valence-electron chi connectivity index (χ2n) is 3.90. The van der Waals surface area contributed by atoms with Crippen molar-refractivity contribution < 1.29 is 9.53 Å². The summed E-state index contributed by atoms with van der Waals surface area (Å²) in [6.07, 6.45) is 2.57. The number of rotatable bonds is 5. The second-order valence-corrected chi connectivity index (χ2v) is 4.83. The first-order valence-electron chi connectivity index (χ1n) is 5.95. The summed E-state index contributed by atoms with van der Waals surface area (Å²) < 4.78 is 5.53. The fourth-order valence-electron chi connectivity index (χ4n) is 1.65. The lowest BCUT2D eigenvalue weighted by molar-refractivity contribution is -0.147. The zero-order valence-electron chi connectivity index (χ0n) is 10.2. The van der Waals surface area contributed by atoms with Crippen molar-refractivity contribution in [1.29, 1.82) is 0 Å². The molecule has 4 heteroatoms. The summed E-state index contributed by atoms with van der Waals surface area (Å²) >= 11 is 1.50. The van der Waals surface area contributed by atoms with Gasteiger partial charge in [0.2, 0.25) is 0 Å². The standard InChI is InChI=1S/C14H15NO2S/c1-2-6-12(16)17-13(14-15-9-10-18-14)11-7-4-3-5-8-11/h3-5,7-10,13H,2,6H2,1H3/t13-/m1/s1. The van der Waals surface area contributed by atoms with Gasteiger partial charge in [0.25, 0.3) is 0 Å². The highest BCUT2D eigenvalue weighted by Crippen LogP contribution is 2.27. The summed E-state index contributed by atoms with van der Waals surface area (Å²) in [5, 5.41) is 2.70. The summed E-state index contributed by atoms with van der Waals surface area (Å²) in [7, 11) is 0. The van der Waals surface area contributed by atoms with Gasteiger partial charge in [0.15, 0.2) is 6.10 Å². The molecule has 0 aliphatic rings. The van der Waals surface area contributed by atoms with E-state index in [0.29, 0.717) is 6.42 Å². The highest BCUT2D eigenvalue weighted by Gasteiger charge is 2.20. The molecule has 1 heterocycles. The number of hydrogen-bond donors (Lipinski definition) is 0. The number of carbonyl (C=O) groups is 1. The maximum Gasteiger partial charge on any atom is 0.306 e. The summed E-state index contributed by atoms with van der Waals surface area (Å²) in [6.45, 7) is 1.96. The fourth-order valence-corrected chi connectivity index (χ4v) is 2.34. The molecular weight excluding hydrogens is 246 g/mol. The van der Waals surface area contributed by atoms with Crippen molar-refractivity contribution in [3.8, 4) is 0 Å². The van der Waals surface area contributed by atoms with Crippen LogP contribution in [0.25, 0.3) is 0 Å². The number of thiazole rings is 1. The molecule has 3 nitrogen and oxygen atoms in total. The summed E-state index contributed by atoms with van der Waals surface area (Å²) in [6, 6.07) is 9.71. The van der Waals surface area contributed by atoms with Gasteiger partial charge in [0, 0.05) is 18.0 Å². The molecule has 0 aliphatic heterocycles. The van der Waals surface area contributed by atoms with E-state index in [2.05, 4.69) is 4.98 Å². The highest BCUT2D eigenvalue weighted by molar-refractivity contribution is 7.09. The van der Waals surface area contributed by atoms with E-state index < -0.39 is 0 Å². The molecule has 0 amide bonds. The third-order valence-electron chi connectivity index (χ3n) is 2.48. The van der Waals surface area contributed by atoms with Crippen molar-refractivity contribution >= 4 is 17.3 Å². The third-order valence-corrected chi connectivity index (χ3v) is 3.30. The van der Waals surface area contributed by atoms with E-state index in [9.17, 15) is 4.79 Å². The molecule has 0 unspecified atom stereocenters. The minimum absolute atomic E-state index is 0.179. The monoisotopic (exact) mass is 261 g/mol. The van der Waals surface area contributed by atoms with Crippen LogP contribution in [-0.4, -0.2) is 11.0 Å². The van der Waals surface area contributed by atoms with Gasteiger partial charge in [0.05, 0.1) is 0 Å². The van der Waals surface area contributed by atoms with E-state index in [1.165, 1.54) is 11.3 Å². The molecule has 0 fully saturated rings. The van der Waals surface area contributed by atoms with Gasteiger partial charge in [-0.1, -0.05) is 37.3 Å². The third kappa shape index (κ3) is 3.17. The molecule has 2 aromatic rings. The van der Waals surface area contributed by atoms with E-state index in [4.69, 9.17) is 4.74 Å². The molecule has 0 aliphatic carbocycles. The van der Waals surface area contributed by atoms with E-state index in [-0.39, 0.29) is 12.1 Å². The van der Waals surface area contributed by atoms with E-state index in [1.54, 1.807) is 6.20 Å². The quantitative estimate of drug-likeness (QED) is 0.772. The van der Waals surface area contributed by atoms with E-state index in [1.807, 2.05) is 42.6 Å². The normalized spacial score (nSPS) is 12.1. The van der Waals surface area contributed by atoms with Crippen LogP contribution < -0.4 is 0 Å². The molecule has 0 spiro atoms. The molecule has 0 bridgehead atoms. The lowest BCUT2D eigenvalue weighted by Gasteiger charge is -2.15. The van der Waals surface area contributed by atoms with Gasteiger partial charge in [0.1, 0.15) is 5.01 Å². The fraction of sp³-hybridized carbons (Fsp3) is 0.286. The van der Waals surface area contributed by atoms with E-state index in [0.717, 1.165) is 17.0 Å². The van der Waals surface area contributed by atoms with Crippen molar-refractivity contribution in [3.63, 3.8) is 0 Å². The Bertz CT molecular complexity index is 482. The number of carbonyl (C=O) groups excluding carboxylic acids is 1. The van der Waals surface area contributed by atoms with Crippen molar-refractivity contribution in [1.82, 2.24) is 4.98 Å². The zero-order valence-corrected chi connectivity index (χ0v) is 11.0. The first kappa shape index (κ1) is 12.8. The van der Waals surface area contributed by atoms with Crippen molar-refractivity contribution in [3.05, 3.63) is 52.5 Å². The lowest BCUT2D eigenvalue weighted by Crippen LogP contribution is -2.12. The minimum atomic E-state index is -0.384. The number of aromatic nitrogens is 1. The number of esters is 1. The summed E-state index contributed by atoms with van der Waals surface area (Å²) in [5.41, 5.74) is 0.955. The van der Waals surface area contributed by atoms with Crippen LogP contribution >= 0.6 is 11.3 Å². The summed E-state index contributed by atoms with van der Waals surface area (Å²) in [4.78, 5) is 15.9. The average molecular weight is 261 g/mol. The number of hydrogen-bond acceptors (Lipinski definition) is 4. The Morgan fingerprint density at radius 3 is 2.78 bits per heavy atom. The smallest absolute Gasteiger partial charge is 0.306 e. The second kappa shape index (κ2) is 6.31. The number of ether oxygens (including phenoxy) is 1. The number of nitrogens with zero attached hydrogens (tertiary/aromatic N) is 1. The molecule has 0 radical (unpaired) electrons. The van der Waals surface area contributed by atoms with Crippen LogP contribution in [0.1, 0.15) is 36.4 Å². The van der Waals surface area contributed by atoms with Gasteiger partial charge in [-0.05, 0) is 12.0 Å². The molecule has 94 valence electrons. The molecule has 18 heavy (non-hydrogen) atoms. The van der Waals surface area contributed by atoms with Crippen molar-refractivity contribution in [2.75, 3.05) is 0 Å². The Kier molecular flexibility index (Phi) is 4.47. The molecule has 0 saturated heterocycles. The minimum Gasteiger partial charge on any atom is -0.450 e. The molecule has 0 N–H and O–H groups in total. The van der Waals surface area contributed by atoms with Gasteiger partial charge in [-0.25, -0.2) is 4.98 Å². The SMILES string of the molecule is CCCC(=O)O[C@H](c1ccccc1)c1nccs1. The molecule has 1 aromatic heterocycles. The largest absolute Gasteiger partial charge is 0.450 e. The summed E-state index contributed by atoms with van der Waals surface area (Å²) in [5.74, 6) is -0.179. The molecular formula is C14H15NO2S. The first-order chi connectivity index (χ1) is 8.81. The van der Waals surface area contributed by atoms with Gasteiger partial charge >= 0.3 is 5.97 Å². The number of benzene rings is 1. The molecule has 0 saturated carbocycles. The van der Waals surface area contributed by atoms with Crippen LogP contribution in [0.3, 0.4) is 0 Å². The Hall–Kier alpha value is -1.68. The maximum absolute atomic E-state index is 11.7. The maximum atomic E-state index is 11.7. The van der Waals surface area contributed by atoms with Crippen LogP contribution in [0, 0.1) is 0 Å². The van der Waals surface area contributed by atoms with Crippen molar-refractivity contribution in [2.45, 2.75) is 25.9 Å². The van der Waals surface area contributed by atoms with Gasteiger partial charge in [-0.2, -0.15) is 0 Å². The van der Waals surface area contributed by atoms with Crippen molar-refractivity contribution in [2.24, 2.45) is 0 Å². The van der Waals surface area contributed by atoms with Gasteiger partial charge in [-0.15, -0.1) is 11.3 Å². The first-order valence-corrected chi connectivity index (χ1v) is 6.83. The average Bonchev–Trinajstić information content (AvgIpc) is 2.91.